The van der Waals surface area contributed by atoms with Crippen LogP contribution in [0.2, 0.25) is 0 Å². The van der Waals surface area contributed by atoms with E-state index in [0.29, 0.717) is 23.6 Å². The zero-order chi connectivity index (χ0) is 19.9. The summed E-state index contributed by atoms with van der Waals surface area (Å²) in [5.41, 5.74) is 1.11. The summed E-state index contributed by atoms with van der Waals surface area (Å²) in [6.07, 6.45) is 7.53. The molecule has 1 N–H and O–H groups in total. The van der Waals surface area contributed by atoms with Crippen molar-refractivity contribution >= 4 is 0 Å². The second kappa shape index (κ2) is 10.3. The average Bonchev–Trinajstić information content (AvgIpc) is 2.74. The van der Waals surface area contributed by atoms with Crippen molar-refractivity contribution in [3.63, 3.8) is 0 Å². The number of aliphatic hydroxyl groups is 1. The molecule has 158 valence electrons. The number of hydrogen-bond donors (Lipinski definition) is 1. The van der Waals surface area contributed by atoms with E-state index < -0.39 is 0 Å². The van der Waals surface area contributed by atoms with Gasteiger partial charge in [-0.1, -0.05) is 25.3 Å². The van der Waals surface area contributed by atoms with Crippen molar-refractivity contribution in [3.8, 4) is 17.2 Å². The number of piperazine rings is 1. The molecule has 1 aromatic rings. The number of methoxy groups -OCH3 is 3. The Labute approximate surface area is 169 Å². The van der Waals surface area contributed by atoms with Crippen LogP contribution in [0.1, 0.15) is 44.1 Å². The van der Waals surface area contributed by atoms with E-state index in [-0.39, 0.29) is 6.61 Å². The van der Waals surface area contributed by atoms with Gasteiger partial charge in [-0.05, 0) is 25.3 Å². The summed E-state index contributed by atoms with van der Waals surface area (Å²) in [5.74, 6) is 2.08. The van der Waals surface area contributed by atoms with Crippen molar-refractivity contribution in [3.05, 3.63) is 17.7 Å². The number of aliphatic hydroxyl groups excluding tert-OH is 1. The summed E-state index contributed by atoms with van der Waals surface area (Å²) >= 11 is 0. The molecule has 2 aliphatic rings. The first-order valence-electron chi connectivity index (χ1n) is 10.6. The molecular formula is C22H36N2O4. The SMILES string of the molecule is COc1ccc(CN2CCN(C3CCCCC3)[C@@H](CCO)C2)c(OC)c1OC. The molecule has 0 amide bonds. The van der Waals surface area contributed by atoms with Gasteiger partial charge in [0.1, 0.15) is 0 Å². The molecule has 1 saturated heterocycles. The van der Waals surface area contributed by atoms with Crippen LogP contribution in [-0.2, 0) is 6.54 Å². The Morgan fingerprint density at radius 2 is 1.71 bits per heavy atom. The Bertz CT molecular complexity index is 619. The van der Waals surface area contributed by atoms with Crippen LogP contribution < -0.4 is 14.2 Å². The third kappa shape index (κ3) is 4.73. The zero-order valence-corrected chi connectivity index (χ0v) is 17.7. The lowest BCUT2D eigenvalue weighted by Crippen LogP contribution is -2.56. The van der Waals surface area contributed by atoms with Crippen LogP contribution in [0.5, 0.6) is 17.2 Å². The summed E-state index contributed by atoms with van der Waals surface area (Å²) in [7, 11) is 4.96. The third-order valence-corrected chi connectivity index (χ3v) is 6.30. The first-order chi connectivity index (χ1) is 13.7. The Morgan fingerprint density at radius 3 is 2.36 bits per heavy atom. The first kappa shape index (κ1) is 21.2. The molecule has 1 heterocycles. The maximum absolute atomic E-state index is 9.62. The third-order valence-electron chi connectivity index (χ3n) is 6.30. The van der Waals surface area contributed by atoms with E-state index >= 15 is 0 Å². The Morgan fingerprint density at radius 1 is 0.964 bits per heavy atom. The molecule has 6 nitrogen and oxygen atoms in total. The molecule has 1 aromatic carbocycles. The molecule has 1 aliphatic heterocycles. The average molecular weight is 393 g/mol. The summed E-state index contributed by atoms with van der Waals surface area (Å²) in [4.78, 5) is 5.15. The van der Waals surface area contributed by atoms with Crippen LogP contribution >= 0.6 is 0 Å². The van der Waals surface area contributed by atoms with Gasteiger partial charge in [-0.25, -0.2) is 0 Å². The molecule has 0 aromatic heterocycles. The van der Waals surface area contributed by atoms with Gasteiger partial charge >= 0.3 is 0 Å². The molecule has 0 unspecified atom stereocenters. The van der Waals surface area contributed by atoms with E-state index in [2.05, 4.69) is 15.9 Å². The lowest BCUT2D eigenvalue weighted by Gasteiger charge is -2.46. The lowest BCUT2D eigenvalue weighted by atomic mass is 9.91. The maximum Gasteiger partial charge on any atom is 0.203 e. The highest BCUT2D eigenvalue weighted by molar-refractivity contribution is 5.55. The van der Waals surface area contributed by atoms with Gasteiger partial charge in [0.05, 0.1) is 21.3 Å². The largest absolute Gasteiger partial charge is 0.493 e. The Balaban J connectivity index is 1.71. The second-order valence-corrected chi connectivity index (χ2v) is 7.92. The summed E-state index contributed by atoms with van der Waals surface area (Å²) in [6, 6.07) is 5.13. The second-order valence-electron chi connectivity index (χ2n) is 7.92. The number of nitrogens with zero attached hydrogens (tertiary/aromatic N) is 2. The van der Waals surface area contributed by atoms with Gasteiger partial charge in [-0.15, -0.1) is 0 Å². The zero-order valence-electron chi connectivity index (χ0n) is 17.7. The van der Waals surface area contributed by atoms with Gasteiger partial charge in [-0.3, -0.25) is 9.80 Å². The highest BCUT2D eigenvalue weighted by Gasteiger charge is 2.32. The standard InChI is InChI=1S/C22H36N2O4/c1-26-20-10-9-17(21(27-2)22(20)28-3)15-23-12-13-24(19(16-23)11-14-25)18-7-5-4-6-8-18/h9-10,18-19,25H,4-8,11-16H2,1-3H3/t19-/m0/s1. The van der Waals surface area contributed by atoms with Crippen LogP contribution in [0.3, 0.4) is 0 Å². The van der Waals surface area contributed by atoms with Crippen LogP contribution in [0.25, 0.3) is 0 Å². The van der Waals surface area contributed by atoms with Crippen LogP contribution in [-0.4, -0.2) is 74.6 Å². The fourth-order valence-electron chi connectivity index (χ4n) is 4.91. The van der Waals surface area contributed by atoms with Gasteiger partial charge < -0.3 is 19.3 Å². The summed E-state index contributed by atoms with van der Waals surface area (Å²) in [6.45, 7) is 4.15. The fraction of sp³-hybridized carbons (Fsp3) is 0.727. The minimum Gasteiger partial charge on any atom is -0.493 e. The van der Waals surface area contributed by atoms with Crippen molar-refractivity contribution in [2.75, 3.05) is 47.6 Å². The van der Waals surface area contributed by atoms with E-state index in [1.807, 2.05) is 6.07 Å². The topological polar surface area (TPSA) is 54.4 Å². The molecule has 0 spiro atoms. The maximum atomic E-state index is 9.62. The smallest absolute Gasteiger partial charge is 0.203 e. The van der Waals surface area contributed by atoms with Crippen molar-refractivity contribution in [1.82, 2.24) is 9.80 Å². The predicted molar refractivity (Wildman–Crippen MR) is 110 cm³/mol. The molecule has 1 aliphatic carbocycles. The Kier molecular flexibility index (Phi) is 7.82. The van der Waals surface area contributed by atoms with Gasteiger partial charge in [-0.2, -0.15) is 0 Å². The van der Waals surface area contributed by atoms with Crippen molar-refractivity contribution < 1.29 is 19.3 Å². The predicted octanol–water partition coefficient (Wildman–Crippen LogP) is 2.91. The summed E-state index contributed by atoms with van der Waals surface area (Å²) < 4.78 is 16.6. The normalized spacial score (nSPS) is 22.2. The van der Waals surface area contributed by atoms with Crippen LogP contribution in [0.4, 0.5) is 0 Å². The van der Waals surface area contributed by atoms with E-state index in [4.69, 9.17) is 14.2 Å². The molecule has 6 heteroatoms. The van der Waals surface area contributed by atoms with E-state index in [1.54, 1.807) is 21.3 Å². The van der Waals surface area contributed by atoms with Crippen LogP contribution in [0, 0.1) is 0 Å². The molecule has 2 fully saturated rings. The van der Waals surface area contributed by atoms with Gasteiger partial charge in [0.25, 0.3) is 0 Å². The minimum absolute atomic E-state index is 0.251. The minimum atomic E-state index is 0.251. The molecule has 1 saturated carbocycles. The fourth-order valence-corrected chi connectivity index (χ4v) is 4.91. The van der Waals surface area contributed by atoms with Gasteiger partial charge in [0, 0.05) is 50.4 Å². The highest BCUT2D eigenvalue weighted by atomic mass is 16.5. The van der Waals surface area contributed by atoms with Gasteiger partial charge in [0.2, 0.25) is 5.75 Å². The molecule has 28 heavy (non-hydrogen) atoms. The molecule has 3 rings (SSSR count). The number of benzene rings is 1. The molecule has 0 bridgehead atoms. The monoisotopic (exact) mass is 392 g/mol. The number of ether oxygens (including phenoxy) is 3. The van der Waals surface area contributed by atoms with E-state index in [1.165, 1.54) is 32.1 Å². The highest BCUT2D eigenvalue weighted by Crippen LogP contribution is 2.40. The Hall–Kier alpha value is -1.50. The molecular weight excluding hydrogens is 356 g/mol. The van der Waals surface area contributed by atoms with E-state index in [9.17, 15) is 5.11 Å². The summed E-state index contributed by atoms with van der Waals surface area (Å²) in [5, 5.41) is 9.62. The van der Waals surface area contributed by atoms with Crippen molar-refractivity contribution in [1.29, 1.82) is 0 Å². The van der Waals surface area contributed by atoms with Crippen LogP contribution in [0.15, 0.2) is 12.1 Å². The lowest BCUT2D eigenvalue weighted by molar-refractivity contribution is 0.0134. The molecule has 1 atom stereocenters. The number of hydrogen-bond acceptors (Lipinski definition) is 6. The molecule has 0 radical (unpaired) electrons. The van der Waals surface area contributed by atoms with Crippen molar-refractivity contribution in [2.24, 2.45) is 0 Å². The van der Waals surface area contributed by atoms with Gasteiger partial charge in [0.15, 0.2) is 11.5 Å². The first-order valence-corrected chi connectivity index (χ1v) is 10.6. The quantitative estimate of drug-likeness (QED) is 0.734. The van der Waals surface area contributed by atoms with Crippen molar-refractivity contribution in [2.45, 2.75) is 57.2 Å². The number of rotatable bonds is 8. The van der Waals surface area contributed by atoms with E-state index in [0.717, 1.165) is 43.9 Å².